The van der Waals surface area contributed by atoms with Crippen LogP contribution in [0.3, 0.4) is 0 Å². The summed E-state index contributed by atoms with van der Waals surface area (Å²) in [6.07, 6.45) is 3.78. The number of hydrogen-bond donors (Lipinski definition) is 0. The van der Waals surface area contributed by atoms with Gasteiger partial charge in [0, 0.05) is 19.2 Å². The van der Waals surface area contributed by atoms with E-state index in [4.69, 9.17) is 0 Å². The van der Waals surface area contributed by atoms with E-state index in [9.17, 15) is 4.79 Å². The van der Waals surface area contributed by atoms with Gasteiger partial charge >= 0.3 is 0 Å². The lowest BCUT2D eigenvalue weighted by atomic mass is 10.1. The third-order valence-electron chi connectivity index (χ3n) is 2.09. The second kappa shape index (κ2) is 6.23. The van der Waals surface area contributed by atoms with Gasteiger partial charge in [-0.1, -0.05) is 18.2 Å². The van der Waals surface area contributed by atoms with Crippen LogP contribution in [0.2, 0.25) is 0 Å². The van der Waals surface area contributed by atoms with Gasteiger partial charge < -0.3 is 4.90 Å². The normalized spacial score (nSPS) is 10.9. The monoisotopic (exact) mass is 207 g/mol. The predicted molar refractivity (Wildman–Crippen MR) is 65.6 cm³/mol. The maximum Gasteiger partial charge on any atom is 0.253 e. The van der Waals surface area contributed by atoms with Gasteiger partial charge in [0.2, 0.25) is 0 Å². The Labute approximate surface area is 93.0 Å². The molecular weight excluding hydrogens is 186 g/mol. The molecule has 0 aromatic heterocycles. The molecule has 0 unspecified atom stereocenters. The summed E-state index contributed by atoms with van der Waals surface area (Å²) >= 11 is 0. The maximum absolute atomic E-state index is 11.9. The molecule has 0 aromatic rings. The third-order valence-corrected chi connectivity index (χ3v) is 2.09. The highest BCUT2D eigenvalue weighted by atomic mass is 16.2. The number of likely N-dealkylation sites (N-methyl/N-ethyl adjacent to an activating group) is 1. The first-order chi connectivity index (χ1) is 6.90. The lowest BCUT2D eigenvalue weighted by Crippen LogP contribution is -2.27. The molecule has 0 saturated heterocycles. The first kappa shape index (κ1) is 13.7. The van der Waals surface area contributed by atoms with Crippen molar-refractivity contribution in [2.45, 2.75) is 27.7 Å². The van der Waals surface area contributed by atoms with Crippen LogP contribution in [0.4, 0.5) is 0 Å². The van der Waals surface area contributed by atoms with Crippen LogP contribution >= 0.6 is 0 Å². The Morgan fingerprint density at radius 3 is 2.13 bits per heavy atom. The molecule has 0 heterocycles. The average molecular weight is 207 g/mol. The summed E-state index contributed by atoms with van der Waals surface area (Å²) < 4.78 is 0. The van der Waals surface area contributed by atoms with E-state index in [1.54, 1.807) is 11.9 Å². The molecular formula is C13H21NO. The SMILES string of the molecule is C=C(C)/C(=C\C=C(C)C)C(=O)N(C)CC. The summed E-state index contributed by atoms with van der Waals surface area (Å²) in [5.41, 5.74) is 2.65. The highest BCUT2D eigenvalue weighted by Gasteiger charge is 2.12. The highest BCUT2D eigenvalue weighted by molar-refractivity contribution is 5.97. The molecule has 0 bridgehead atoms. The van der Waals surface area contributed by atoms with E-state index in [-0.39, 0.29) is 5.91 Å². The Hall–Kier alpha value is -1.31. The lowest BCUT2D eigenvalue weighted by molar-refractivity contribution is -0.125. The summed E-state index contributed by atoms with van der Waals surface area (Å²) in [6.45, 7) is 12.3. The first-order valence-corrected chi connectivity index (χ1v) is 5.16. The minimum Gasteiger partial charge on any atom is -0.342 e. The van der Waals surface area contributed by atoms with E-state index < -0.39 is 0 Å². The molecule has 0 fully saturated rings. The van der Waals surface area contributed by atoms with E-state index in [1.807, 2.05) is 39.8 Å². The Kier molecular flexibility index (Phi) is 5.68. The average Bonchev–Trinajstić information content (AvgIpc) is 2.15. The molecule has 0 rings (SSSR count). The van der Waals surface area contributed by atoms with E-state index in [0.717, 1.165) is 5.57 Å². The smallest absolute Gasteiger partial charge is 0.253 e. The second-order valence-corrected chi connectivity index (χ2v) is 3.92. The van der Waals surface area contributed by atoms with Crippen LogP contribution in [-0.4, -0.2) is 24.4 Å². The number of allylic oxidation sites excluding steroid dienone is 3. The summed E-state index contributed by atoms with van der Waals surface area (Å²) in [6, 6.07) is 0. The van der Waals surface area contributed by atoms with Gasteiger partial charge in [-0.3, -0.25) is 4.79 Å². The van der Waals surface area contributed by atoms with E-state index >= 15 is 0 Å². The number of nitrogens with zero attached hydrogens (tertiary/aromatic N) is 1. The largest absolute Gasteiger partial charge is 0.342 e. The summed E-state index contributed by atoms with van der Waals surface area (Å²) in [7, 11) is 1.79. The maximum atomic E-state index is 11.9. The van der Waals surface area contributed by atoms with Crippen molar-refractivity contribution in [2.75, 3.05) is 13.6 Å². The van der Waals surface area contributed by atoms with Crippen LogP contribution in [0.25, 0.3) is 0 Å². The van der Waals surface area contributed by atoms with Crippen molar-refractivity contribution in [3.05, 3.63) is 35.5 Å². The van der Waals surface area contributed by atoms with Crippen LogP contribution in [0.1, 0.15) is 27.7 Å². The number of carbonyl (C=O) groups is 1. The zero-order chi connectivity index (χ0) is 12.0. The van der Waals surface area contributed by atoms with Gasteiger partial charge in [0.15, 0.2) is 0 Å². The van der Waals surface area contributed by atoms with Crippen molar-refractivity contribution in [1.29, 1.82) is 0 Å². The molecule has 0 aliphatic heterocycles. The molecule has 0 spiro atoms. The lowest BCUT2D eigenvalue weighted by Gasteiger charge is -2.16. The van der Waals surface area contributed by atoms with Gasteiger partial charge in [0.05, 0.1) is 0 Å². The van der Waals surface area contributed by atoms with Crippen molar-refractivity contribution < 1.29 is 4.79 Å². The van der Waals surface area contributed by atoms with Gasteiger partial charge in [0.25, 0.3) is 5.91 Å². The van der Waals surface area contributed by atoms with Gasteiger partial charge in [-0.2, -0.15) is 0 Å². The Balaban J connectivity index is 4.99. The molecule has 2 nitrogen and oxygen atoms in total. The first-order valence-electron chi connectivity index (χ1n) is 5.16. The van der Waals surface area contributed by atoms with E-state index in [0.29, 0.717) is 12.1 Å². The third kappa shape index (κ3) is 4.63. The van der Waals surface area contributed by atoms with Crippen LogP contribution < -0.4 is 0 Å². The van der Waals surface area contributed by atoms with E-state index in [1.165, 1.54) is 5.57 Å². The number of rotatable bonds is 4. The van der Waals surface area contributed by atoms with Crippen LogP contribution in [0.15, 0.2) is 35.5 Å². The van der Waals surface area contributed by atoms with Gasteiger partial charge in [0.1, 0.15) is 0 Å². The Morgan fingerprint density at radius 1 is 1.27 bits per heavy atom. The zero-order valence-corrected chi connectivity index (χ0v) is 10.4. The van der Waals surface area contributed by atoms with Crippen LogP contribution in [0, 0.1) is 0 Å². The quantitative estimate of drug-likeness (QED) is 0.512. The van der Waals surface area contributed by atoms with Gasteiger partial charge in [-0.25, -0.2) is 0 Å². The van der Waals surface area contributed by atoms with Crippen LogP contribution in [0.5, 0.6) is 0 Å². The molecule has 15 heavy (non-hydrogen) atoms. The predicted octanol–water partition coefficient (Wildman–Crippen LogP) is 2.93. The number of carbonyl (C=O) groups excluding carboxylic acids is 1. The molecule has 0 aliphatic carbocycles. The minimum absolute atomic E-state index is 0.0301. The molecule has 0 aromatic carbocycles. The topological polar surface area (TPSA) is 20.3 Å². The van der Waals surface area contributed by atoms with Crippen LogP contribution in [-0.2, 0) is 4.79 Å². The van der Waals surface area contributed by atoms with Crippen molar-refractivity contribution in [1.82, 2.24) is 4.90 Å². The molecule has 0 radical (unpaired) electrons. The van der Waals surface area contributed by atoms with Crippen molar-refractivity contribution in [2.24, 2.45) is 0 Å². The minimum atomic E-state index is 0.0301. The summed E-state index contributed by atoms with van der Waals surface area (Å²) in [4.78, 5) is 13.6. The molecule has 0 N–H and O–H groups in total. The van der Waals surface area contributed by atoms with Gasteiger partial charge in [-0.05, 0) is 39.3 Å². The molecule has 2 heteroatoms. The fourth-order valence-electron chi connectivity index (χ4n) is 0.995. The second-order valence-electron chi connectivity index (χ2n) is 3.92. The van der Waals surface area contributed by atoms with E-state index in [2.05, 4.69) is 6.58 Å². The number of hydrogen-bond acceptors (Lipinski definition) is 1. The van der Waals surface area contributed by atoms with Crippen molar-refractivity contribution in [3.8, 4) is 0 Å². The Bertz CT molecular complexity index is 306. The van der Waals surface area contributed by atoms with Gasteiger partial charge in [-0.15, -0.1) is 0 Å². The highest BCUT2D eigenvalue weighted by Crippen LogP contribution is 2.11. The fraction of sp³-hybridized carbons (Fsp3) is 0.462. The van der Waals surface area contributed by atoms with Crippen molar-refractivity contribution in [3.63, 3.8) is 0 Å². The number of amides is 1. The summed E-state index contributed by atoms with van der Waals surface area (Å²) in [5, 5.41) is 0. The molecule has 0 saturated carbocycles. The van der Waals surface area contributed by atoms with Crippen molar-refractivity contribution >= 4 is 5.91 Å². The Morgan fingerprint density at radius 2 is 1.80 bits per heavy atom. The summed E-state index contributed by atoms with van der Waals surface area (Å²) in [5.74, 6) is 0.0301. The zero-order valence-electron chi connectivity index (χ0n) is 10.4. The standard InChI is InChI=1S/C13H21NO/c1-7-14(6)13(15)12(11(4)5)9-8-10(2)3/h8-9H,4,7H2,1-3,5-6H3/b12-9+. The fourth-order valence-corrected chi connectivity index (χ4v) is 0.995. The molecule has 0 aliphatic rings. The molecule has 0 atom stereocenters. The molecule has 84 valence electrons. The molecule has 1 amide bonds.